The van der Waals surface area contributed by atoms with Crippen molar-refractivity contribution >= 4 is 44.2 Å². The summed E-state index contributed by atoms with van der Waals surface area (Å²) in [5.41, 5.74) is 6.88. The molecule has 1 atom stereocenters. The van der Waals surface area contributed by atoms with Gasteiger partial charge in [-0.15, -0.1) is 0 Å². The van der Waals surface area contributed by atoms with E-state index in [0.29, 0.717) is 12.3 Å². The molecule has 0 radical (unpaired) electrons. The molecule has 23 heavy (non-hydrogen) atoms. The molecule has 1 unspecified atom stereocenters. The van der Waals surface area contributed by atoms with E-state index in [9.17, 15) is 4.79 Å². The number of esters is 1. The largest absolute Gasteiger partial charge is 0.464 e. The molecule has 1 saturated heterocycles. The number of ether oxygens (including phenoxy) is 1. The van der Waals surface area contributed by atoms with Gasteiger partial charge < -0.3 is 15.4 Å². The molecule has 5 nitrogen and oxygen atoms in total. The van der Waals surface area contributed by atoms with Crippen molar-refractivity contribution in [1.82, 2.24) is 4.98 Å². The van der Waals surface area contributed by atoms with Gasteiger partial charge in [-0.1, -0.05) is 12.1 Å². The van der Waals surface area contributed by atoms with Gasteiger partial charge in [-0.25, -0.2) is 9.78 Å². The van der Waals surface area contributed by atoms with E-state index in [1.165, 1.54) is 0 Å². The highest BCUT2D eigenvalue weighted by molar-refractivity contribution is 9.10. The molecule has 1 aromatic carbocycles. The number of hydrogen-bond acceptors (Lipinski definition) is 5. The summed E-state index contributed by atoms with van der Waals surface area (Å²) in [6, 6.07) is 5.50. The molecule has 0 spiro atoms. The fourth-order valence-corrected chi connectivity index (χ4v) is 3.59. The zero-order valence-corrected chi connectivity index (χ0v) is 14.7. The number of anilines is 2. The number of nitrogens with zero attached hydrogens (tertiary/aromatic N) is 2. The minimum Gasteiger partial charge on any atom is -0.464 e. The third-order valence-corrected chi connectivity index (χ3v) is 4.84. The first-order valence-corrected chi connectivity index (χ1v) is 8.68. The van der Waals surface area contributed by atoms with Gasteiger partial charge in [-0.2, -0.15) is 0 Å². The molecule has 2 N–H and O–H groups in total. The fourth-order valence-electron chi connectivity index (χ4n) is 3.16. The Morgan fingerprint density at radius 2 is 2.30 bits per heavy atom. The highest BCUT2D eigenvalue weighted by atomic mass is 79.9. The molecule has 1 aliphatic heterocycles. The molecule has 0 bridgehead atoms. The molecular formula is C17H20BrN3O2. The first kappa shape index (κ1) is 16.1. The van der Waals surface area contributed by atoms with Crippen LogP contribution in [0.3, 0.4) is 0 Å². The topological polar surface area (TPSA) is 68.5 Å². The summed E-state index contributed by atoms with van der Waals surface area (Å²) < 4.78 is 6.15. The van der Waals surface area contributed by atoms with Crippen LogP contribution in [0.5, 0.6) is 0 Å². The van der Waals surface area contributed by atoms with Crippen LogP contribution in [0.1, 0.15) is 26.2 Å². The molecule has 6 heteroatoms. The van der Waals surface area contributed by atoms with E-state index in [0.717, 1.165) is 46.9 Å². The van der Waals surface area contributed by atoms with Crippen molar-refractivity contribution < 1.29 is 9.53 Å². The van der Waals surface area contributed by atoms with E-state index in [2.05, 4.69) is 20.9 Å². The Morgan fingerprint density at radius 1 is 1.48 bits per heavy atom. The van der Waals surface area contributed by atoms with Crippen LogP contribution < -0.4 is 10.6 Å². The lowest BCUT2D eigenvalue weighted by molar-refractivity contribution is -0.145. The SMILES string of the molecule is CCOC(=O)C1CCCCN1c1ncc(Br)c2cccc(N)c12. The average molecular weight is 378 g/mol. The number of piperidine rings is 1. The number of nitrogens with two attached hydrogens (primary N) is 1. The number of aromatic nitrogens is 1. The van der Waals surface area contributed by atoms with E-state index in [1.54, 1.807) is 6.20 Å². The third-order valence-electron chi connectivity index (χ3n) is 4.21. The summed E-state index contributed by atoms with van der Waals surface area (Å²) in [6.07, 6.45) is 4.60. The summed E-state index contributed by atoms with van der Waals surface area (Å²) in [4.78, 5) is 19.0. The maximum Gasteiger partial charge on any atom is 0.328 e. The number of nitrogen functional groups attached to an aromatic ring is 1. The Hall–Kier alpha value is -1.82. The van der Waals surface area contributed by atoms with E-state index >= 15 is 0 Å². The maximum atomic E-state index is 12.3. The quantitative estimate of drug-likeness (QED) is 0.654. The zero-order valence-electron chi connectivity index (χ0n) is 13.1. The second kappa shape index (κ2) is 6.74. The van der Waals surface area contributed by atoms with Crippen molar-refractivity contribution in [3.05, 3.63) is 28.9 Å². The Morgan fingerprint density at radius 3 is 3.09 bits per heavy atom. The smallest absolute Gasteiger partial charge is 0.328 e. The molecule has 0 amide bonds. The molecule has 122 valence electrons. The Labute approximate surface area is 143 Å². The monoisotopic (exact) mass is 377 g/mol. The Bertz CT molecular complexity index is 735. The molecule has 3 rings (SSSR count). The minimum absolute atomic E-state index is 0.181. The highest BCUT2D eigenvalue weighted by Crippen LogP contribution is 2.36. The van der Waals surface area contributed by atoms with Crippen LogP contribution in [-0.4, -0.2) is 30.1 Å². The number of carbonyl (C=O) groups excluding carboxylic acids is 1. The van der Waals surface area contributed by atoms with Gasteiger partial charge in [-0.3, -0.25) is 0 Å². The van der Waals surface area contributed by atoms with Crippen LogP contribution in [0, 0.1) is 0 Å². The number of rotatable bonds is 3. The van der Waals surface area contributed by atoms with E-state index in [1.807, 2.05) is 30.0 Å². The van der Waals surface area contributed by atoms with E-state index in [4.69, 9.17) is 10.5 Å². The van der Waals surface area contributed by atoms with Crippen molar-refractivity contribution in [2.75, 3.05) is 23.8 Å². The molecule has 2 heterocycles. The van der Waals surface area contributed by atoms with Crippen molar-refractivity contribution in [3.8, 4) is 0 Å². The van der Waals surface area contributed by atoms with Crippen LogP contribution in [0.15, 0.2) is 28.9 Å². The maximum absolute atomic E-state index is 12.3. The van der Waals surface area contributed by atoms with Crippen LogP contribution in [0.4, 0.5) is 11.5 Å². The first-order chi connectivity index (χ1) is 11.1. The highest BCUT2D eigenvalue weighted by Gasteiger charge is 2.32. The van der Waals surface area contributed by atoms with Gasteiger partial charge >= 0.3 is 5.97 Å². The number of fused-ring (bicyclic) bond motifs is 1. The van der Waals surface area contributed by atoms with Crippen molar-refractivity contribution in [2.45, 2.75) is 32.2 Å². The lowest BCUT2D eigenvalue weighted by Crippen LogP contribution is -2.46. The second-order valence-electron chi connectivity index (χ2n) is 5.66. The van der Waals surface area contributed by atoms with Crippen LogP contribution in [0.2, 0.25) is 0 Å². The number of carbonyl (C=O) groups is 1. The third kappa shape index (κ3) is 3.00. The van der Waals surface area contributed by atoms with Gasteiger partial charge in [-0.05, 0) is 48.2 Å². The fraction of sp³-hybridized carbons (Fsp3) is 0.412. The molecule has 0 saturated carbocycles. The van der Waals surface area contributed by atoms with Gasteiger partial charge in [0.25, 0.3) is 0 Å². The van der Waals surface area contributed by atoms with Crippen molar-refractivity contribution in [1.29, 1.82) is 0 Å². The Balaban J connectivity index is 2.10. The molecule has 1 aromatic heterocycles. The molecule has 1 aliphatic rings. The van der Waals surface area contributed by atoms with E-state index < -0.39 is 0 Å². The number of benzene rings is 1. The van der Waals surface area contributed by atoms with Crippen LogP contribution in [-0.2, 0) is 9.53 Å². The summed E-state index contributed by atoms with van der Waals surface area (Å²) in [6.45, 7) is 3.00. The molecule has 2 aromatic rings. The second-order valence-corrected chi connectivity index (χ2v) is 6.51. The molecule has 1 fully saturated rings. The van der Waals surface area contributed by atoms with Crippen LogP contribution in [0.25, 0.3) is 10.8 Å². The standard InChI is InChI=1S/C17H20BrN3O2/c1-2-23-17(22)14-8-3-4-9-21(14)16-15-11(12(18)10-20-16)6-5-7-13(15)19/h5-7,10,14H,2-4,8-9,19H2,1H3. The normalized spacial score (nSPS) is 18.2. The molecular weight excluding hydrogens is 358 g/mol. The number of pyridine rings is 1. The van der Waals surface area contributed by atoms with Gasteiger partial charge in [0.1, 0.15) is 11.9 Å². The van der Waals surface area contributed by atoms with Gasteiger partial charge in [0.15, 0.2) is 0 Å². The summed E-state index contributed by atoms with van der Waals surface area (Å²) in [5, 5.41) is 1.89. The van der Waals surface area contributed by atoms with E-state index in [-0.39, 0.29) is 12.0 Å². The predicted molar refractivity (Wildman–Crippen MR) is 95.5 cm³/mol. The number of hydrogen-bond donors (Lipinski definition) is 1. The minimum atomic E-state index is -0.291. The molecule has 0 aliphatic carbocycles. The summed E-state index contributed by atoms with van der Waals surface area (Å²) >= 11 is 3.53. The predicted octanol–water partition coefficient (Wildman–Crippen LogP) is 3.50. The Kier molecular flexibility index (Phi) is 4.71. The van der Waals surface area contributed by atoms with Gasteiger partial charge in [0.05, 0.1) is 6.61 Å². The summed E-state index contributed by atoms with van der Waals surface area (Å²) in [5.74, 6) is 0.582. The van der Waals surface area contributed by atoms with Gasteiger partial charge in [0.2, 0.25) is 0 Å². The van der Waals surface area contributed by atoms with Crippen LogP contribution >= 0.6 is 15.9 Å². The van der Waals surface area contributed by atoms with Crippen molar-refractivity contribution in [2.24, 2.45) is 0 Å². The lowest BCUT2D eigenvalue weighted by Gasteiger charge is -2.35. The average Bonchev–Trinajstić information content (AvgIpc) is 2.56. The number of halogens is 1. The summed E-state index contributed by atoms with van der Waals surface area (Å²) in [7, 11) is 0. The zero-order chi connectivity index (χ0) is 16.4. The first-order valence-electron chi connectivity index (χ1n) is 7.89. The van der Waals surface area contributed by atoms with Gasteiger partial charge in [0, 0.05) is 33.7 Å². The lowest BCUT2D eigenvalue weighted by atomic mass is 10.0. The van der Waals surface area contributed by atoms with Crippen molar-refractivity contribution in [3.63, 3.8) is 0 Å².